The minimum atomic E-state index is 0.548. The highest BCUT2D eigenvalue weighted by molar-refractivity contribution is 5.03. The molecular formula is C13H26N4. The Morgan fingerprint density at radius 1 is 1.53 bits per heavy atom. The van der Waals surface area contributed by atoms with Gasteiger partial charge >= 0.3 is 0 Å². The average Bonchev–Trinajstić information content (AvgIpc) is 2.70. The van der Waals surface area contributed by atoms with Crippen molar-refractivity contribution in [1.82, 2.24) is 20.0 Å². The van der Waals surface area contributed by atoms with Crippen molar-refractivity contribution < 1.29 is 0 Å². The summed E-state index contributed by atoms with van der Waals surface area (Å²) in [6, 6.07) is 0.548. The van der Waals surface area contributed by atoms with Gasteiger partial charge in [-0.1, -0.05) is 13.3 Å². The highest BCUT2D eigenvalue weighted by Gasteiger charge is 2.09. The zero-order chi connectivity index (χ0) is 12.7. The van der Waals surface area contributed by atoms with E-state index in [0.29, 0.717) is 6.04 Å². The van der Waals surface area contributed by atoms with Gasteiger partial charge in [-0.25, -0.2) is 0 Å². The standard InChI is InChI=1S/C13H26N4/c1-5-6-7-14-8-12(2)16(3)10-13-9-15-17(4)11-13/h9,11-12,14H,5-8,10H2,1-4H3. The molecule has 0 aliphatic carbocycles. The van der Waals surface area contributed by atoms with Gasteiger partial charge in [0.25, 0.3) is 0 Å². The molecule has 0 aromatic carbocycles. The molecule has 4 heteroatoms. The minimum absolute atomic E-state index is 0.548. The van der Waals surface area contributed by atoms with Crippen molar-refractivity contribution in [3.05, 3.63) is 18.0 Å². The van der Waals surface area contributed by atoms with Crippen LogP contribution in [0.25, 0.3) is 0 Å². The van der Waals surface area contributed by atoms with Crippen LogP contribution in [0.2, 0.25) is 0 Å². The van der Waals surface area contributed by atoms with Gasteiger partial charge < -0.3 is 5.32 Å². The predicted molar refractivity (Wildman–Crippen MR) is 71.9 cm³/mol. The molecule has 0 aliphatic rings. The lowest BCUT2D eigenvalue weighted by Gasteiger charge is -2.24. The number of rotatable bonds is 8. The van der Waals surface area contributed by atoms with Gasteiger partial charge in [0.2, 0.25) is 0 Å². The predicted octanol–water partition coefficient (Wildman–Crippen LogP) is 1.63. The fourth-order valence-corrected chi connectivity index (χ4v) is 1.77. The zero-order valence-corrected chi connectivity index (χ0v) is 11.6. The lowest BCUT2D eigenvalue weighted by atomic mass is 10.2. The fraction of sp³-hybridized carbons (Fsp3) is 0.769. The number of hydrogen-bond donors (Lipinski definition) is 1. The molecule has 0 aliphatic heterocycles. The third-order valence-electron chi connectivity index (χ3n) is 3.09. The van der Waals surface area contributed by atoms with E-state index in [9.17, 15) is 0 Å². The number of nitrogens with zero attached hydrogens (tertiary/aromatic N) is 3. The summed E-state index contributed by atoms with van der Waals surface area (Å²) in [6.07, 6.45) is 6.54. The Hall–Kier alpha value is -0.870. The van der Waals surface area contributed by atoms with Crippen LogP contribution in [0.3, 0.4) is 0 Å². The monoisotopic (exact) mass is 238 g/mol. The first-order chi connectivity index (χ1) is 8.13. The van der Waals surface area contributed by atoms with Gasteiger partial charge in [-0.15, -0.1) is 0 Å². The van der Waals surface area contributed by atoms with Crippen LogP contribution in [0.4, 0.5) is 0 Å². The van der Waals surface area contributed by atoms with Gasteiger partial charge in [-0.05, 0) is 26.9 Å². The summed E-state index contributed by atoms with van der Waals surface area (Å²) in [5.41, 5.74) is 1.27. The van der Waals surface area contributed by atoms with Gasteiger partial charge in [0.05, 0.1) is 6.20 Å². The lowest BCUT2D eigenvalue weighted by Crippen LogP contribution is -2.37. The second-order valence-corrected chi connectivity index (χ2v) is 4.84. The third-order valence-corrected chi connectivity index (χ3v) is 3.09. The molecule has 0 fully saturated rings. The molecule has 0 bridgehead atoms. The van der Waals surface area contributed by atoms with E-state index in [1.807, 2.05) is 17.9 Å². The molecule has 1 rings (SSSR count). The molecule has 0 saturated heterocycles. The molecule has 0 saturated carbocycles. The molecule has 17 heavy (non-hydrogen) atoms. The molecule has 1 unspecified atom stereocenters. The highest BCUT2D eigenvalue weighted by atomic mass is 15.2. The van der Waals surface area contributed by atoms with Crippen LogP contribution in [0.5, 0.6) is 0 Å². The second kappa shape index (κ2) is 7.45. The van der Waals surface area contributed by atoms with Crippen molar-refractivity contribution in [1.29, 1.82) is 0 Å². The van der Waals surface area contributed by atoms with Crippen molar-refractivity contribution in [3.8, 4) is 0 Å². The SMILES string of the molecule is CCCCNCC(C)N(C)Cc1cnn(C)c1. The summed E-state index contributed by atoms with van der Waals surface area (Å²) in [7, 11) is 4.12. The molecule has 4 nitrogen and oxygen atoms in total. The number of nitrogens with one attached hydrogen (secondary N) is 1. The maximum absolute atomic E-state index is 4.19. The van der Waals surface area contributed by atoms with Crippen molar-refractivity contribution in [2.24, 2.45) is 7.05 Å². The number of likely N-dealkylation sites (N-methyl/N-ethyl adjacent to an activating group) is 1. The molecular weight excluding hydrogens is 212 g/mol. The van der Waals surface area contributed by atoms with Crippen molar-refractivity contribution in [3.63, 3.8) is 0 Å². The maximum atomic E-state index is 4.19. The summed E-state index contributed by atoms with van der Waals surface area (Å²) in [5.74, 6) is 0. The molecule has 98 valence electrons. The average molecular weight is 238 g/mol. The van der Waals surface area contributed by atoms with E-state index in [0.717, 1.165) is 19.6 Å². The Morgan fingerprint density at radius 3 is 2.88 bits per heavy atom. The van der Waals surface area contributed by atoms with Crippen molar-refractivity contribution >= 4 is 0 Å². The summed E-state index contributed by atoms with van der Waals surface area (Å²) < 4.78 is 1.85. The molecule has 0 amide bonds. The Kier molecular flexibility index (Phi) is 6.22. The quantitative estimate of drug-likeness (QED) is 0.699. The summed E-state index contributed by atoms with van der Waals surface area (Å²) in [4.78, 5) is 2.36. The first-order valence-corrected chi connectivity index (χ1v) is 6.52. The van der Waals surface area contributed by atoms with E-state index in [1.165, 1.54) is 18.4 Å². The zero-order valence-electron chi connectivity index (χ0n) is 11.6. The molecule has 1 N–H and O–H groups in total. The van der Waals surface area contributed by atoms with E-state index in [2.05, 4.69) is 42.4 Å². The number of hydrogen-bond acceptors (Lipinski definition) is 3. The van der Waals surface area contributed by atoms with Crippen molar-refractivity contribution in [2.75, 3.05) is 20.1 Å². The molecule has 1 heterocycles. The van der Waals surface area contributed by atoms with Gasteiger partial charge in [0.1, 0.15) is 0 Å². The summed E-state index contributed by atoms with van der Waals surface area (Å²) in [5, 5.41) is 7.69. The summed E-state index contributed by atoms with van der Waals surface area (Å²) >= 11 is 0. The van der Waals surface area contributed by atoms with E-state index < -0.39 is 0 Å². The van der Waals surface area contributed by atoms with Gasteiger partial charge in [-0.3, -0.25) is 9.58 Å². The van der Waals surface area contributed by atoms with Gasteiger partial charge in [0.15, 0.2) is 0 Å². The number of aryl methyl sites for hydroxylation is 1. The van der Waals surface area contributed by atoms with Crippen LogP contribution < -0.4 is 5.32 Å². The first kappa shape index (κ1) is 14.2. The lowest BCUT2D eigenvalue weighted by molar-refractivity contribution is 0.243. The molecule has 0 radical (unpaired) electrons. The topological polar surface area (TPSA) is 33.1 Å². The molecule has 1 aromatic heterocycles. The number of unbranched alkanes of at least 4 members (excludes halogenated alkanes) is 1. The first-order valence-electron chi connectivity index (χ1n) is 6.52. The molecule has 0 spiro atoms. The molecule has 1 aromatic rings. The van der Waals surface area contributed by atoms with Gasteiger partial charge in [-0.2, -0.15) is 5.10 Å². The molecule has 1 atom stereocenters. The Labute approximate surface area is 105 Å². The minimum Gasteiger partial charge on any atom is -0.315 e. The largest absolute Gasteiger partial charge is 0.315 e. The van der Waals surface area contributed by atoms with Gasteiger partial charge in [0, 0.05) is 37.9 Å². The number of aromatic nitrogens is 2. The Bertz CT molecular complexity index is 308. The highest BCUT2D eigenvalue weighted by Crippen LogP contribution is 2.04. The van der Waals surface area contributed by atoms with E-state index >= 15 is 0 Å². The van der Waals surface area contributed by atoms with Crippen LogP contribution in [0, 0.1) is 0 Å². The second-order valence-electron chi connectivity index (χ2n) is 4.84. The van der Waals surface area contributed by atoms with Crippen LogP contribution in [-0.2, 0) is 13.6 Å². The van der Waals surface area contributed by atoms with Crippen LogP contribution in [-0.4, -0.2) is 40.9 Å². The third kappa shape index (κ3) is 5.33. The van der Waals surface area contributed by atoms with Crippen LogP contribution in [0.15, 0.2) is 12.4 Å². The fourth-order valence-electron chi connectivity index (χ4n) is 1.77. The Balaban J connectivity index is 2.24. The summed E-state index contributed by atoms with van der Waals surface area (Å²) in [6.45, 7) is 7.62. The van der Waals surface area contributed by atoms with E-state index in [-0.39, 0.29) is 0 Å². The van der Waals surface area contributed by atoms with Crippen molar-refractivity contribution in [2.45, 2.75) is 39.3 Å². The van der Waals surface area contributed by atoms with Crippen LogP contribution >= 0.6 is 0 Å². The van der Waals surface area contributed by atoms with E-state index in [1.54, 1.807) is 0 Å². The maximum Gasteiger partial charge on any atom is 0.0534 e. The van der Waals surface area contributed by atoms with E-state index in [4.69, 9.17) is 0 Å². The smallest absolute Gasteiger partial charge is 0.0534 e. The normalized spacial score (nSPS) is 13.2. The Morgan fingerprint density at radius 2 is 2.29 bits per heavy atom. The van der Waals surface area contributed by atoms with Crippen LogP contribution in [0.1, 0.15) is 32.3 Å².